The van der Waals surface area contributed by atoms with Crippen LogP contribution in [0.2, 0.25) is 0 Å². The Kier molecular flexibility index (Phi) is 5.49. The van der Waals surface area contributed by atoms with E-state index in [9.17, 15) is 4.79 Å². The second kappa shape index (κ2) is 7.97. The first kappa shape index (κ1) is 17.9. The maximum atomic E-state index is 12.3. The molecule has 1 amide bonds. The topological polar surface area (TPSA) is 90.1 Å². The molecule has 2 aromatic rings. The fourth-order valence-corrected chi connectivity index (χ4v) is 2.89. The first-order valence-electron chi connectivity index (χ1n) is 8.67. The number of nitrogens with one attached hydrogen (secondary N) is 1. The maximum Gasteiger partial charge on any atom is 0.271 e. The van der Waals surface area contributed by atoms with Gasteiger partial charge in [-0.05, 0) is 38.7 Å². The third kappa shape index (κ3) is 4.18. The van der Waals surface area contributed by atoms with Gasteiger partial charge in [-0.25, -0.2) is 4.98 Å². The molecule has 0 saturated carbocycles. The number of carbonyl (C=O) groups excluding carboxylic acids is 1. The van der Waals surface area contributed by atoms with Crippen molar-refractivity contribution in [2.45, 2.75) is 19.5 Å². The van der Waals surface area contributed by atoms with E-state index in [1.807, 2.05) is 35.8 Å². The molecular formula is C18H23N7O. The van der Waals surface area contributed by atoms with E-state index < -0.39 is 0 Å². The quantitative estimate of drug-likeness (QED) is 0.857. The highest BCUT2D eigenvalue weighted by atomic mass is 16.1. The highest BCUT2D eigenvalue weighted by Gasteiger charge is 2.20. The molecule has 0 spiro atoms. The summed E-state index contributed by atoms with van der Waals surface area (Å²) in [5.74, 6) is 0.686. The summed E-state index contributed by atoms with van der Waals surface area (Å²) in [5, 5.41) is 16.3. The number of hydrogen-bond donors (Lipinski definition) is 1. The van der Waals surface area contributed by atoms with Gasteiger partial charge in [0.05, 0.1) is 17.8 Å². The first-order chi connectivity index (χ1) is 12.6. The zero-order valence-electron chi connectivity index (χ0n) is 15.1. The third-order valence-corrected chi connectivity index (χ3v) is 4.29. The second-order valence-electron chi connectivity index (χ2n) is 6.60. The lowest BCUT2D eigenvalue weighted by Gasteiger charge is -2.20. The molecule has 26 heavy (non-hydrogen) atoms. The van der Waals surface area contributed by atoms with E-state index in [0.29, 0.717) is 24.3 Å². The summed E-state index contributed by atoms with van der Waals surface area (Å²) < 4.78 is 1.91. The van der Waals surface area contributed by atoms with Crippen molar-refractivity contribution in [2.24, 2.45) is 0 Å². The Morgan fingerprint density at radius 3 is 2.92 bits per heavy atom. The van der Waals surface area contributed by atoms with Crippen LogP contribution < -0.4 is 10.2 Å². The molecule has 0 radical (unpaired) electrons. The molecule has 0 atom stereocenters. The van der Waals surface area contributed by atoms with E-state index in [1.54, 1.807) is 12.3 Å². The summed E-state index contributed by atoms with van der Waals surface area (Å²) in [5.41, 5.74) is 1.99. The van der Waals surface area contributed by atoms with Crippen LogP contribution in [0, 0.1) is 11.3 Å². The van der Waals surface area contributed by atoms with Gasteiger partial charge in [0.1, 0.15) is 11.9 Å². The molecule has 3 rings (SSSR count). The fraction of sp³-hybridized carbons (Fsp3) is 0.444. The van der Waals surface area contributed by atoms with E-state index in [2.05, 4.69) is 26.4 Å². The molecule has 2 aromatic heterocycles. The zero-order chi connectivity index (χ0) is 18.5. The van der Waals surface area contributed by atoms with Gasteiger partial charge >= 0.3 is 0 Å². The number of anilines is 1. The molecule has 136 valence electrons. The van der Waals surface area contributed by atoms with Crippen molar-refractivity contribution in [2.75, 3.05) is 38.6 Å². The van der Waals surface area contributed by atoms with Crippen LogP contribution in [-0.2, 0) is 13.1 Å². The molecule has 0 aliphatic carbocycles. The number of nitriles is 1. The number of pyridine rings is 1. The summed E-state index contributed by atoms with van der Waals surface area (Å²) in [4.78, 5) is 20.8. The molecule has 0 bridgehead atoms. The van der Waals surface area contributed by atoms with Crippen LogP contribution in [0.25, 0.3) is 0 Å². The lowest BCUT2D eigenvalue weighted by Crippen LogP contribution is -2.31. The van der Waals surface area contributed by atoms with Crippen LogP contribution in [0.3, 0.4) is 0 Å². The highest BCUT2D eigenvalue weighted by Crippen LogP contribution is 2.19. The Bertz CT molecular complexity index is 804. The molecule has 0 saturated heterocycles. The molecule has 0 aromatic carbocycles. The van der Waals surface area contributed by atoms with Crippen molar-refractivity contribution in [3.63, 3.8) is 0 Å². The number of rotatable bonds is 5. The van der Waals surface area contributed by atoms with Gasteiger partial charge in [-0.3, -0.25) is 9.48 Å². The molecule has 1 aliphatic rings. The lowest BCUT2D eigenvalue weighted by molar-refractivity contribution is 0.0945. The number of aromatic nitrogens is 3. The summed E-state index contributed by atoms with van der Waals surface area (Å²) in [6, 6.07) is 7.57. The van der Waals surface area contributed by atoms with Gasteiger partial charge < -0.3 is 15.1 Å². The number of carbonyl (C=O) groups is 1. The van der Waals surface area contributed by atoms with E-state index >= 15 is 0 Å². The lowest BCUT2D eigenvalue weighted by atomic mass is 10.3. The van der Waals surface area contributed by atoms with Crippen molar-refractivity contribution in [1.29, 1.82) is 5.26 Å². The Hall–Kier alpha value is -2.92. The predicted molar refractivity (Wildman–Crippen MR) is 97.7 cm³/mol. The van der Waals surface area contributed by atoms with E-state index in [1.165, 1.54) is 0 Å². The normalized spacial score (nSPS) is 13.8. The van der Waals surface area contributed by atoms with Crippen molar-refractivity contribution in [3.8, 4) is 6.07 Å². The average Bonchev–Trinajstić information content (AvgIpc) is 2.93. The second-order valence-corrected chi connectivity index (χ2v) is 6.60. The number of aryl methyl sites for hydroxylation is 1. The zero-order valence-corrected chi connectivity index (χ0v) is 15.1. The average molecular weight is 353 g/mol. The Morgan fingerprint density at radius 2 is 2.23 bits per heavy atom. The Labute approximate surface area is 153 Å². The SMILES string of the molecule is CN(C)CCNC(=O)c1cc2n(n1)CCCN(c1ccc(C#N)cn1)C2. The van der Waals surface area contributed by atoms with Crippen LogP contribution in [0.4, 0.5) is 5.82 Å². The molecular weight excluding hydrogens is 330 g/mol. The summed E-state index contributed by atoms with van der Waals surface area (Å²) >= 11 is 0. The predicted octanol–water partition coefficient (Wildman–Crippen LogP) is 0.851. The minimum atomic E-state index is -0.143. The van der Waals surface area contributed by atoms with Crippen molar-refractivity contribution >= 4 is 11.7 Å². The van der Waals surface area contributed by atoms with Crippen LogP contribution >= 0.6 is 0 Å². The van der Waals surface area contributed by atoms with Crippen LogP contribution in [-0.4, -0.2) is 59.3 Å². The van der Waals surface area contributed by atoms with Gasteiger partial charge in [0, 0.05) is 32.4 Å². The largest absolute Gasteiger partial charge is 0.351 e. The molecule has 8 nitrogen and oxygen atoms in total. The highest BCUT2D eigenvalue weighted by molar-refractivity contribution is 5.92. The minimum Gasteiger partial charge on any atom is -0.351 e. The smallest absolute Gasteiger partial charge is 0.271 e. The van der Waals surface area contributed by atoms with Gasteiger partial charge in [0.25, 0.3) is 5.91 Å². The van der Waals surface area contributed by atoms with Crippen molar-refractivity contribution < 1.29 is 4.79 Å². The van der Waals surface area contributed by atoms with Gasteiger partial charge in [-0.2, -0.15) is 10.4 Å². The van der Waals surface area contributed by atoms with Gasteiger partial charge in [-0.1, -0.05) is 0 Å². The van der Waals surface area contributed by atoms with Crippen LogP contribution in [0.5, 0.6) is 0 Å². The Morgan fingerprint density at radius 1 is 1.38 bits per heavy atom. The monoisotopic (exact) mass is 353 g/mol. The molecule has 1 N–H and O–H groups in total. The summed E-state index contributed by atoms with van der Waals surface area (Å²) in [6.45, 7) is 3.64. The summed E-state index contributed by atoms with van der Waals surface area (Å²) in [6.07, 6.45) is 2.50. The fourth-order valence-electron chi connectivity index (χ4n) is 2.89. The van der Waals surface area contributed by atoms with Crippen LogP contribution in [0.15, 0.2) is 24.4 Å². The van der Waals surface area contributed by atoms with Gasteiger partial charge in [-0.15, -0.1) is 0 Å². The van der Waals surface area contributed by atoms with E-state index in [4.69, 9.17) is 5.26 Å². The number of nitrogens with zero attached hydrogens (tertiary/aromatic N) is 6. The third-order valence-electron chi connectivity index (χ3n) is 4.29. The molecule has 1 aliphatic heterocycles. The first-order valence-corrected chi connectivity index (χ1v) is 8.67. The van der Waals surface area contributed by atoms with Gasteiger partial charge in [0.15, 0.2) is 5.69 Å². The molecule has 0 fully saturated rings. The van der Waals surface area contributed by atoms with E-state index in [0.717, 1.165) is 37.6 Å². The standard InChI is InChI=1S/C18H23N7O/c1-23(2)9-6-20-18(26)16-10-15-13-24(7-3-8-25(15)22-16)17-5-4-14(11-19)12-21-17/h4-5,10,12H,3,6-9,13H2,1-2H3,(H,20,26). The Balaban J connectivity index is 1.70. The molecule has 3 heterocycles. The number of fused-ring (bicyclic) bond motifs is 1. The van der Waals surface area contributed by atoms with Crippen molar-refractivity contribution in [1.82, 2.24) is 25.0 Å². The number of amides is 1. The maximum absolute atomic E-state index is 12.3. The number of hydrogen-bond acceptors (Lipinski definition) is 6. The molecule has 0 unspecified atom stereocenters. The number of likely N-dealkylation sites (N-methyl/N-ethyl adjacent to an activating group) is 1. The summed E-state index contributed by atoms with van der Waals surface area (Å²) in [7, 11) is 3.94. The van der Waals surface area contributed by atoms with E-state index in [-0.39, 0.29) is 5.91 Å². The molecule has 8 heteroatoms. The minimum absolute atomic E-state index is 0.143. The van der Waals surface area contributed by atoms with Crippen molar-refractivity contribution in [3.05, 3.63) is 41.3 Å². The van der Waals surface area contributed by atoms with Gasteiger partial charge in [0.2, 0.25) is 0 Å². The van der Waals surface area contributed by atoms with Crippen LogP contribution in [0.1, 0.15) is 28.2 Å².